The summed E-state index contributed by atoms with van der Waals surface area (Å²) in [5, 5.41) is 5.25. The molecule has 0 bridgehead atoms. The molecule has 5 rings (SSSR count). The first-order chi connectivity index (χ1) is 12.7. The predicted molar refractivity (Wildman–Crippen MR) is 103 cm³/mol. The molecule has 2 fully saturated rings. The summed E-state index contributed by atoms with van der Waals surface area (Å²) in [4.78, 5) is 21.6. The minimum absolute atomic E-state index is 0.0505. The molecule has 1 aromatic carbocycles. The second-order valence-corrected chi connectivity index (χ2v) is 8.12. The molecule has 1 saturated carbocycles. The average Bonchev–Trinajstić information content (AvgIpc) is 3.31. The molecule has 6 nitrogen and oxygen atoms in total. The van der Waals surface area contributed by atoms with Crippen LogP contribution >= 0.6 is 11.3 Å². The van der Waals surface area contributed by atoms with Gasteiger partial charge in [0.1, 0.15) is 5.82 Å². The van der Waals surface area contributed by atoms with E-state index in [-0.39, 0.29) is 5.91 Å². The molecule has 2 aliphatic rings. The number of carbonyl (C=O) groups excluding carboxylic acids is 1. The van der Waals surface area contributed by atoms with Crippen LogP contribution in [0.1, 0.15) is 34.3 Å². The van der Waals surface area contributed by atoms with Crippen LogP contribution in [-0.4, -0.2) is 51.8 Å². The van der Waals surface area contributed by atoms with E-state index in [9.17, 15) is 4.79 Å². The Hall–Kier alpha value is -2.41. The van der Waals surface area contributed by atoms with Gasteiger partial charge in [-0.15, -0.1) is 11.3 Å². The molecule has 1 aliphatic carbocycles. The Morgan fingerprint density at radius 1 is 1.15 bits per heavy atom. The fourth-order valence-corrected chi connectivity index (χ4v) is 4.52. The summed E-state index contributed by atoms with van der Waals surface area (Å²) in [5.41, 5.74) is 2.12. The van der Waals surface area contributed by atoms with Crippen molar-refractivity contribution in [2.75, 3.05) is 31.1 Å². The first-order valence-electron chi connectivity index (χ1n) is 9.13. The number of anilines is 1. The normalized spacial score (nSPS) is 17.9. The molecule has 0 N–H and O–H groups in total. The lowest BCUT2D eigenvalue weighted by Crippen LogP contribution is -2.49. The van der Waals surface area contributed by atoms with E-state index in [1.54, 1.807) is 0 Å². The van der Waals surface area contributed by atoms with Gasteiger partial charge in [0, 0.05) is 45.2 Å². The van der Waals surface area contributed by atoms with Crippen LogP contribution in [0.25, 0.3) is 10.2 Å². The highest BCUT2D eigenvalue weighted by molar-refractivity contribution is 7.20. The minimum atomic E-state index is 0.0505. The molecule has 0 unspecified atom stereocenters. The Bertz CT molecular complexity index is 932. The predicted octanol–water partition coefficient (Wildman–Crippen LogP) is 2.87. The van der Waals surface area contributed by atoms with E-state index >= 15 is 0 Å². The smallest absolute Gasteiger partial charge is 0.282 e. The molecule has 7 heteroatoms. The molecule has 3 aromatic rings. The maximum Gasteiger partial charge on any atom is 0.282 e. The second-order valence-electron chi connectivity index (χ2n) is 7.09. The quantitative estimate of drug-likeness (QED) is 0.714. The van der Waals surface area contributed by atoms with E-state index in [0.29, 0.717) is 10.9 Å². The van der Waals surface area contributed by atoms with Crippen molar-refractivity contribution < 1.29 is 4.79 Å². The summed E-state index contributed by atoms with van der Waals surface area (Å²) in [7, 11) is 2.01. The zero-order chi connectivity index (χ0) is 17.7. The molecule has 0 radical (unpaired) electrons. The summed E-state index contributed by atoms with van der Waals surface area (Å²) < 4.78 is 3.05. The molecule has 2 aromatic heterocycles. The van der Waals surface area contributed by atoms with Gasteiger partial charge >= 0.3 is 0 Å². The third kappa shape index (κ3) is 2.76. The van der Waals surface area contributed by atoms with Crippen LogP contribution in [0.15, 0.2) is 30.3 Å². The van der Waals surface area contributed by atoms with Crippen molar-refractivity contribution in [3.63, 3.8) is 0 Å². The lowest BCUT2D eigenvalue weighted by atomic mass is 10.2. The van der Waals surface area contributed by atoms with E-state index in [4.69, 9.17) is 0 Å². The fourth-order valence-electron chi connectivity index (χ4n) is 3.59. The molecule has 134 valence electrons. The van der Waals surface area contributed by atoms with Gasteiger partial charge in [-0.2, -0.15) is 5.10 Å². The molecule has 26 heavy (non-hydrogen) atoms. The van der Waals surface area contributed by atoms with E-state index in [0.717, 1.165) is 36.4 Å². The third-order valence-electron chi connectivity index (χ3n) is 5.24. The number of carbonyl (C=O) groups is 1. The Labute approximate surface area is 156 Å². The zero-order valence-corrected chi connectivity index (χ0v) is 15.6. The molecule has 0 spiro atoms. The first-order valence-corrected chi connectivity index (χ1v) is 9.94. The third-order valence-corrected chi connectivity index (χ3v) is 6.26. The van der Waals surface area contributed by atoms with E-state index < -0.39 is 0 Å². The topological polar surface area (TPSA) is 54.3 Å². The van der Waals surface area contributed by atoms with Crippen molar-refractivity contribution in [1.29, 1.82) is 0 Å². The largest absolute Gasteiger partial charge is 0.353 e. The Morgan fingerprint density at radius 3 is 2.65 bits per heavy atom. The maximum atomic E-state index is 12.8. The van der Waals surface area contributed by atoms with Crippen LogP contribution in [0.3, 0.4) is 0 Å². The highest BCUT2D eigenvalue weighted by Gasteiger charge is 2.29. The van der Waals surface area contributed by atoms with Gasteiger partial charge in [0.15, 0.2) is 5.01 Å². The highest BCUT2D eigenvalue weighted by atomic mass is 32.1. The summed E-state index contributed by atoms with van der Waals surface area (Å²) >= 11 is 1.48. The molecule has 1 aliphatic heterocycles. The van der Waals surface area contributed by atoms with Crippen molar-refractivity contribution in [1.82, 2.24) is 19.7 Å². The van der Waals surface area contributed by atoms with Crippen molar-refractivity contribution in [3.8, 4) is 0 Å². The van der Waals surface area contributed by atoms with E-state index in [2.05, 4.69) is 21.0 Å². The van der Waals surface area contributed by atoms with Crippen LogP contribution < -0.4 is 4.90 Å². The number of hydrogen-bond acceptors (Lipinski definition) is 5. The first kappa shape index (κ1) is 15.8. The summed E-state index contributed by atoms with van der Waals surface area (Å²) in [6, 6.07) is 10.1. The van der Waals surface area contributed by atoms with Gasteiger partial charge in [-0.05, 0) is 25.0 Å². The number of amides is 1. The van der Waals surface area contributed by atoms with Crippen LogP contribution in [0, 0.1) is 0 Å². The lowest BCUT2D eigenvalue weighted by Gasteiger charge is -2.35. The second kappa shape index (κ2) is 6.09. The molecular weight excluding hydrogens is 346 g/mol. The van der Waals surface area contributed by atoms with Gasteiger partial charge in [0.2, 0.25) is 0 Å². The monoisotopic (exact) mass is 367 g/mol. The van der Waals surface area contributed by atoms with Gasteiger partial charge in [-0.1, -0.05) is 12.1 Å². The number of hydrogen-bond donors (Lipinski definition) is 0. The standard InChI is InChI=1S/C19H21N5OS/c1-22-17(12-15(21-22)13-6-7-13)23-8-10-24(11-9-23)19(25)18-20-14-4-2-3-5-16(14)26-18/h2-5,12-13H,6-11H2,1H3. The fraction of sp³-hybridized carbons (Fsp3) is 0.421. The number of thiazole rings is 1. The van der Waals surface area contributed by atoms with Crippen molar-refractivity contribution in [2.24, 2.45) is 7.05 Å². The number of aryl methyl sites for hydroxylation is 1. The number of piperazine rings is 1. The SMILES string of the molecule is Cn1nc(C2CC2)cc1N1CCN(C(=O)c2nc3ccccc3s2)CC1. The highest BCUT2D eigenvalue weighted by Crippen LogP contribution is 2.40. The van der Waals surface area contributed by atoms with Gasteiger partial charge in [0.25, 0.3) is 5.91 Å². The molecule has 0 atom stereocenters. The number of benzene rings is 1. The Balaban J connectivity index is 1.28. The number of para-hydroxylation sites is 1. The van der Waals surface area contributed by atoms with Crippen molar-refractivity contribution in [2.45, 2.75) is 18.8 Å². The number of aromatic nitrogens is 3. The van der Waals surface area contributed by atoms with Gasteiger partial charge < -0.3 is 9.80 Å². The molecule has 1 amide bonds. The van der Waals surface area contributed by atoms with Crippen LogP contribution in [0.2, 0.25) is 0 Å². The molecule has 1 saturated heterocycles. The van der Waals surface area contributed by atoms with E-state index in [1.807, 2.05) is 40.9 Å². The van der Waals surface area contributed by atoms with E-state index in [1.165, 1.54) is 35.7 Å². The van der Waals surface area contributed by atoms with Gasteiger partial charge in [-0.3, -0.25) is 9.48 Å². The summed E-state index contributed by atoms with van der Waals surface area (Å²) in [6.07, 6.45) is 2.53. The van der Waals surface area contributed by atoms with Crippen LogP contribution in [-0.2, 0) is 7.05 Å². The zero-order valence-electron chi connectivity index (χ0n) is 14.8. The maximum absolute atomic E-state index is 12.8. The van der Waals surface area contributed by atoms with Crippen LogP contribution in [0.4, 0.5) is 5.82 Å². The number of fused-ring (bicyclic) bond motifs is 1. The minimum Gasteiger partial charge on any atom is -0.353 e. The van der Waals surface area contributed by atoms with Gasteiger partial charge in [0.05, 0.1) is 15.9 Å². The summed E-state index contributed by atoms with van der Waals surface area (Å²) in [6.45, 7) is 3.11. The van der Waals surface area contributed by atoms with Crippen molar-refractivity contribution >= 4 is 33.3 Å². The molecule has 3 heterocycles. The lowest BCUT2D eigenvalue weighted by molar-refractivity contribution is 0.0746. The van der Waals surface area contributed by atoms with Crippen molar-refractivity contribution in [3.05, 3.63) is 41.0 Å². The Morgan fingerprint density at radius 2 is 1.92 bits per heavy atom. The Kier molecular flexibility index (Phi) is 3.70. The number of rotatable bonds is 3. The molecular formula is C19H21N5OS. The van der Waals surface area contributed by atoms with Crippen LogP contribution in [0.5, 0.6) is 0 Å². The van der Waals surface area contributed by atoms with Gasteiger partial charge in [-0.25, -0.2) is 4.98 Å². The summed E-state index contributed by atoms with van der Waals surface area (Å²) in [5.74, 6) is 1.88. The average molecular weight is 367 g/mol. The number of nitrogens with zero attached hydrogens (tertiary/aromatic N) is 5.